The number of hydrogen-bond donors (Lipinski definition) is 1. The average molecular weight is 433 g/mol. The molecule has 7 heteroatoms. The number of amides is 2. The van der Waals surface area contributed by atoms with Crippen LogP contribution in [0.25, 0.3) is 17.5 Å². The quantitative estimate of drug-likeness (QED) is 0.431. The van der Waals surface area contributed by atoms with Gasteiger partial charge in [0.15, 0.2) is 5.78 Å². The summed E-state index contributed by atoms with van der Waals surface area (Å²) in [5.74, 6) is 0.877. The van der Waals surface area contributed by atoms with Crippen LogP contribution in [0.5, 0.6) is 0 Å². The molecule has 31 heavy (non-hydrogen) atoms. The molecule has 1 aliphatic heterocycles. The molecule has 2 amide bonds. The minimum atomic E-state index is -0.400. The first-order valence-corrected chi connectivity index (χ1v) is 10.6. The minimum absolute atomic E-state index is 0.00153. The molecule has 0 saturated carbocycles. The Kier molecular flexibility index (Phi) is 5.86. The molecule has 0 radical (unpaired) electrons. The molecule has 156 valence electrons. The summed E-state index contributed by atoms with van der Waals surface area (Å²) in [6.07, 6.45) is 2.43. The normalized spacial score (nSPS) is 14.8. The standard InChI is InChI=1S/C24H20N2O4S/c1-14-3-7-18(8-4-14)23-25-19(15(2)30-23)11-12-20(27)17-9-5-16(6-10-17)13-21-22(28)26-24(29)31-21/h3-10,13H,11-12H2,1-2H3,(H,26,28,29)/b21-13-. The Morgan fingerprint density at radius 1 is 1.06 bits per heavy atom. The number of aromatic nitrogens is 1. The number of benzene rings is 2. The van der Waals surface area contributed by atoms with Crippen LogP contribution in [-0.4, -0.2) is 21.9 Å². The molecule has 0 spiro atoms. The first-order chi connectivity index (χ1) is 14.9. The van der Waals surface area contributed by atoms with Crippen LogP contribution in [0.3, 0.4) is 0 Å². The Balaban J connectivity index is 1.40. The molecular weight excluding hydrogens is 412 g/mol. The van der Waals surface area contributed by atoms with Crippen LogP contribution in [0, 0.1) is 13.8 Å². The number of nitrogens with zero attached hydrogens (tertiary/aromatic N) is 1. The Labute approximate surface area is 183 Å². The van der Waals surface area contributed by atoms with Crippen LogP contribution in [0.2, 0.25) is 0 Å². The molecule has 6 nitrogen and oxygen atoms in total. The number of aryl methyl sites for hydroxylation is 3. The van der Waals surface area contributed by atoms with Crippen molar-refractivity contribution in [2.24, 2.45) is 0 Å². The van der Waals surface area contributed by atoms with Gasteiger partial charge in [-0.3, -0.25) is 19.7 Å². The van der Waals surface area contributed by atoms with Gasteiger partial charge < -0.3 is 4.42 Å². The fourth-order valence-electron chi connectivity index (χ4n) is 3.19. The minimum Gasteiger partial charge on any atom is -0.441 e. The first-order valence-electron chi connectivity index (χ1n) is 9.80. The van der Waals surface area contributed by atoms with Crippen molar-refractivity contribution in [2.45, 2.75) is 26.7 Å². The zero-order chi connectivity index (χ0) is 22.0. The number of hydrogen-bond acceptors (Lipinski definition) is 6. The van der Waals surface area contributed by atoms with Gasteiger partial charge in [-0.15, -0.1) is 0 Å². The molecule has 1 N–H and O–H groups in total. The number of carbonyl (C=O) groups excluding carboxylic acids is 3. The number of carbonyl (C=O) groups is 3. The smallest absolute Gasteiger partial charge is 0.290 e. The number of ketones is 1. The molecule has 0 unspecified atom stereocenters. The fourth-order valence-corrected chi connectivity index (χ4v) is 3.88. The van der Waals surface area contributed by atoms with Crippen LogP contribution >= 0.6 is 11.8 Å². The SMILES string of the molecule is Cc1ccc(-c2nc(CCC(=O)c3ccc(/C=C4\SC(=O)NC4=O)cc3)c(C)o2)cc1. The summed E-state index contributed by atoms with van der Waals surface area (Å²) in [6.45, 7) is 3.88. The molecule has 0 atom stereocenters. The zero-order valence-electron chi connectivity index (χ0n) is 17.1. The van der Waals surface area contributed by atoms with E-state index in [1.54, 1.807) is 30.3 Å². The van der Waals surface area contributed by atoms with Crippen molar-refractivity contribution in [1.82, 2.24) is 10.3 Å². The van der Waals surface area contributed by atoms with Gasteiger partial charge in [0.1, 0.15) is 5.76 Å². The largest absolute Gasteiger partial charge is 0.441 e. The molecule has 2 aromatic carbocycles. The van der Waals surface area contributed by atoms with Gasteiger partial charge in [0.2, 0.25) is 5.89 Å². The molecule has 4 rings (SSSR count). The fraction of sp³-hybridized carbons (Fsp3) is 0.167. The third-order valence-electron chi connectivity index (χ3n) is 4.95. The van der Waals surface area contributed by atoms with Crippen LogP contribution in [-0.2, 0) is 11.2 Å². The molecular formula is C24H20N2O4S. The summed E-state index contributed by atoms with van der Waals surface area (Å²) >= 11 is 0.866. The second kappa shape index (κ2) is 8.73. The number of rotatable bonds is 6. The van der Waals surface area contributed by atoms with E-state index in [9.17, 15) is 14.4 Å². The highest BCUT2D eigenvalue weighted by atomic mass is 32.2. The van der Waals surface area contributed by atoms with Crippen molar-refractivity contribution in [3.63, 3.8) is 0 Å². The van der Waals surface area contributed by atoms with Crippen LogP contribution in [0.1, 0.15) is 39.4 Å². The summed E-state index contributed by atoms with van der Waals surface area (Å²) in [4.78, 5) is 40.4. The third kappa shape index (κ3) is 4.83. The molecule has 2 heterocycles. The van der Waals surface area contributed by atoms with Crippen molar-refractivity contribution < 1.29 is 18.8 Å². The highest BCUT2D eigenvalue weighted by Gasteiger charge is 2.24. The molecule has 0 bridgehead atoms. The third-order valence-corrected chi connectivity index (χ3v) is 5.76. The van der Waals surface area contributed by atoms with E-state index in [0.717, 1.165) is 28.6 Å². The number of Topliss-reactive ketones (excluding diaryl/α,β-unsaturated/α-hetero) is 1. The van der Waals surface area contributed by atoms with Gasteiger partial charge in [0, 0.05) is 24.0 Å². The number of thioether (sulfide) groups is 1. The van der Waals surface area contributed by atoms with Gasteiger partial charge in [-0.2, -0.15) is 0 Å². The van der Waals surface area contributed by atoms with Gasteiger partial charge in [0.05, 0.1) is 10.6 Å². The number of oxazole rings is 1. The van der Waals surface area contributed by atoms with Crippen molar-refractivity contribution in [1.29, 1.82) is 0 Å². The summed E-state index contributed by atoms with van der Waals surface area (Å²) < 4.78 is 5.79. The molecule has 0 aliphatic carbocycles. The topological polar surface area (TPSA) is 89.3 Å². The van der Waals surface area contributed by atoms with Crippen LogP contribution < -0.4 is 5.32 Å². The zero-order valence-corrected chi connectivity index (χ0v) is 17.9. The van der Waals surface area contributed by atoms with Crippen LogP contribution in [0.15, 0.2) is 57.9 Å². The van der Waals surface area contributed by atoms with Gasteiger partial charge in [-0.05, 0) is 49.4 Å². The Morgan fingerprint density at radius 3 is 2.42 bits per heavy atom. The van der Waals surface area contributed by atoms with Crippen molar-refractivity contribution in [3.05, 3.63) is 81.6 Å². The van der Waals surface area contributed by atoms with Crippen molar-refractivity contribution in [2.75, 3.05) is 0 Å². The van der Waals surface area contributed by atoms with Gasteiger partial charge in [0.25, 0.3) is 11.1 Å². The lowest BCUT2D eigenvalue weighted by atomic mass is 10.0. The number of nitrogens with one attached hydrogen (secondary N) is 1. The monoisotopic (exact) mass is 432 g/mol. The molecule has 1 fully saturated rings. The lowest BCUT2D eigenvalue weighted by molar-refractivity contribution is -0.115. The molecule has 1 aliphatic rings. The molecule has 3 aromatic rings. The van der Waals surface area contributed by atoms with E-state index in [1.165, 1.54) is 5.56 Å². The molecule has 1 saturated heterocycles. The maximum Gasteiger partial charge on any atom is 0.290 e. The lowest BCUT2D eigenvalue weighted by Gasteiger charge is -2.02. The highest BCUT2D eigenvalue weighted by Crippen LogP contribution is 2.26. The first kappa shape index (κ1) is 20.8. The van der Waals surface area contributed by atoms with Crippen molar-refractivity contribution >= 4 is 34.8 Å². The predicted molar refractivity (Wildman–Crippen MR) is 120 cm³/mol. The maximum atomic E-state index is 12.6. The van der Waals surface area contributed by atoms with Crippen LogP contribution in [0.4, 0.5) is 4.79 Å². The Morgan fingerprint density at radius 2 is 1.77 bits per heavy atom. The summed E-state index contributed by atoms with van der Waals surface area (Å²) in [5.41, 5.74) is 4.19. The number of imide groups is 1. The second-order valence-electron chi connectivity index (χ2n) is 7.29. The highest BCUT2D eigenvalue weighted by molar-refractivity contribution is 8.18. The summed E-state index contributed by atoms with van der Waals surface area (Å²) in [5, 5.41) is 1.84. The predicted octanol–water partition coefficient (Wildman–Crippen LogP) is 5.10. The van der Waals surface area contributed by atoms with E-state index in [4.69, 9.17) is 4.42 Å². The van der Waals surface area contributed by atoms with Gasteiger partial charge in [-0.25, -0.2) is 4.98 Å². The van der Waals surface area contributed by atoms with Gasteiger partial charge >= 0.3 is 0 Å². The van der Waals surface area contributed by atoms with E-state index in [1.807, 2.05) is 38.1 Å². The lowest BCUT2D eigenvalue weighted by Crippen LogP contribution is -2.17. The maximum absolute atomic E-state index is 12.6. The van der Waals surface area contributed by atoms with E-state index in [2.05, 4.69) is 10.3 Å². The Bertz CT molecular complexity index is 1190. The van der Waals surface area contributed by atoms with Gasteiger partial charge in [-0.1, -0.05) is 42.0 Å². The van der Waals surface area contributed by atoms with Crippen molar-refractivity contribution in [3.8, 4) is 11.5 Å². The van der Waals surface area contributed by atoms with E-state index in [0.29, 0.717) is 35.0 Å². The second-order valence-corrected chi connectivity index (χ2v) is 8.30. The van der Waals surface area contributed by atoms with E-state index < -0.39 is 5.91 Å². The Hall–Kier alpha value is -3.45. The van der Waals surface area contributed by atoms with E-state index in [-0.39, 0.29) is 11.0 Å². The van der Waals surface area contributed by atoms with E-state index >= 15 is 0 Å². The summed E-state index contributed by atoms with van der Waals surface area (Å²) in [6, 6.07) is 14.9. The molecule has 1 aromatic heterocycles. The average Bonchev–Trinajstić information content (AvgIpc) is 3.28. The summed E-state index contributed by atoms with van der Waals surface area (Å²) in [7, 11) is 0.